The van der Waals surface area contributed by atoms with Crippen LogP contribution in [0.25, 0.3) is 0 Å². The fourth-order valence-electron chi connectivity index (χ4n) is 2.34. The topological polar surface area (TPSA) is 49.4 Å². The molecule has 7 heteroatoms. The smallest absolute Gasteiger partial charge is 0.218 e. The van der Waals surface area contributed by atoms with Crippen LogP contribution in [0.4, 0.5) is 4.39 Å². The molecule has 0 aliphatic carbocycles. The molecular weight excluding hydrogens is 303 g/mol. The van der Waals surface area contributed by atoms with Gasteiger partial charge in [-0.3, -0.25) is 0 Å². The molecule has 0 bridgehead atoms. The number of hydrogen-bond donors (Lipinski definition) is 1. The molecule has 1 aromatic carbocycles. The van der Waals surface area contributed by atoms with Gasteiger partial charge < -0.3 is 5.32 Å². The fraction of sp³-hybridized carbons (Fsp3) is 0.538. The molecule has 4 nitrogen and oxygen atoms in total. The normalized spacial score (nSPS) is 24.8. The first-order valence-corrected chi connectivity index (χ1v) is 8.47. The SMILES string of the molecule is CC1NCCN(S(=O)(=O)Cc2ccc(F)c(Cl)c2)C1C. The Morgan fingerprint density at radius 2 is 2.15 bits per heavy atom. The van der Waals surface area contributed by atoms with Crippen molar-refractivity contribution in [2.24, 2.45) is 0 Å². The van der Waals surface area contributed by atoms with Crippen LogP contribution in [0.2, 0.25) is 5.02 Å². The maximum Gasteiger partial charge on any atom is 0.218 e. The van der Waals surface area contributed by atoms with E-state index in [2.05, 4.69) is 5.32 Å². The molecule has 1 saturated heterocycles. The van der Waals surface area contributed by atoms with Crippen molar-refractivity contribution in [3.05, 3.63) is 34.6 Å². The molecule has 0 saturated carbocycles. The van der Waals surface area contributed by atoms with E-state index in [1.807, 2.05) is 13.8 Å². The van der Waals surface area contributed by atoms with Gasteiger partial charge in [0.05, 0.1) is 10.8 Å². The standard InChI is InChI=1S/C13H18ClFN2O2S/c1-9-10(2)17(6-5-16-9)20(18,19)8-11-3-4-13(15)12(14)7-11/h3-4,7,9-10,16H,5-6,8H2,1-2H3. The molecule has 0 spiro atoms. The Labute approximate surface area is 124 Å². The third-order valence-corrected chi connectivity index (χ3v) is 5.88. The molecule has 1 aromatic rings. The van der Waals surface area contributed by atoms with E-state index in [1.54, 1.807) is 0 Å². The number of benzene rings is 1. The van der Waals surface area contributed by atoms with Gasteiger partial charge in [0.15, 0.2) is 0 Å². The van der Waals surface area contributed by atoms with E-state index in [-0.39, 0.29) is 22.9 Å². The van der Waals surface area contributed by atoms with Crippen molar-refractivity contribution in [3.63, 3.8) is 0 Å². The highest BCUT2D eigenvalue weighted by Gasteiger charge is 2.33. The third-order valence-electron chi connectivity index (χ3n) is 3.67. The summed E-state index contributed by atoms with van der Waals surface area (Å²) in [7, 11) is -3.44. The number of halogens is 2. The second-order valence-electron chi connectivity index (χ2n) is 5.10. The lowest BCUT2D eigenvalue weighted by Crippen LogP contribution is -2.57. The maximum atomic E-state index is 13.1. The molecule has 1 N–H and O–H groups in total. The van der Waals surface area contributed by atoms with Crippen LogP contribution in [0.3, 0.4) is 0 Å². The Kier molecular flexibility index (Phi) is 4.69. The van der Waals surface area contributed by atoms with Gasteiger partial charge in [0, 0.05) is 25.2 Å². The molecule has 0 radical (unpaired) electrons. The number of nitrogens with zero attached hydrogens (tertiary/aromatic N) is 1. The monoisotopic (exact) mass is 320 g/mol. The van der Waals surface area contributed by atoms with Crippen LogP contribution in [0.1, 0.15) is 19.4 Å². The zero-order valence-corrected chi connectivity index (χ0v) is 13.0. The van der Waals surface area contributed by atoms with Crippen LogP contribution in [-0.4, -0.2) is 37.9 Å². The van der Waals surface area contributed by atoms with Crippen molar-refractivity contribution in [2.75, 3.05) is 13.1 Å². The van der Waals surface area contributed by atoms with E-state index in [1.165, 1.54) is 22.5 Å². The summed E-state index contributed by atoms with van der Waals surface area (Å²) in [5.74, 6) is -0.707. The lowest BCUT2D eigenvalue weighted by molar-refractivity contribution is 0.232. The fourth-order valence-corrected chi connectivity index (χ4v) is 4.37. The second kappa shape index (κ2) is 5.97. The molecule has 2 atom stereocenters. The summed E-state index contributed by atoms with van der Waals surface area (Å²) in [5, 5.41) is 3.18. The molecule has 1 aliphatic rings. The summed E-state index contributed by atoms with van der Waals surface area (Å²) in [5.41, 5.74) is 0.495. The lowest BCUT2D eigenvalue weighted by Gasteiger charge is -2.37. The molecule has 1 heterocycles. The number of piperazine rings is 1. The highest BCUT2D eigenvalue weighted by atomic mass is 35.5. The molecule has 112 valence electrons. The zero-order valence-electron chi connectivity index (χ0n) is 11.4. The average molecular weight is 321 g/mol. The van der Waals surface area contributed by atoms with Crippen LogP contribution in [0.5, 0.6) is 0 Å². The van der Waals surface area contributed by atoms with Crippen LogP contribution < -0.4 is 5.32 Å². The van der Waals surface area contributed by atoms with E-state index in [0.717, 1.165) is 0 Å². The molecule has 2 rings (SSSR count). The van der Waals surface area contributed by atoms with E-state index in [0.29, 0.717) is 18.7 Å². The Morgan fingerprint density at radius 1 is 1.45 bits per heavy atom. The van der Waals surface area contributed by atoms with Crippen LogP contribution in [0.15, 0.2) is 18.2 Å². The third kappa shape index (κ3) is 3.31. The predicted octanol–water partition coefficient (Wildman–Crippen LogP) is 1.99. The minimum atomic E-state index is -3.44. The lowest BCUT2D eigenvalue weighted by atomic mass is 10.1. The van der Waals surface area contributed by atoms with Crippen molar-refractivity contribution in [1.82, 2.24) is 9.62 Å². The Bertz CT molecular complexity index is 594. The summed E-state index contributed by atoms with van der Waals surface area (Å²) in [6.45, 7) is 4.92. The van der Waals surface area contributed by atoms with Crippen LogP contribution in [0, 0.1) is 5.82 Å². The number of rotatable bonds is 3. The first-order valence-electron chi connectivity index (χ1n) is 6.48. The Hall–Kier alpha value is -0.690. The van der Waals surface area contributed by atoms with Crippen molar-refractivity contribution >= 4 is 21.6 Å². The van der Waals surface area contributed by atoms with Gasteiger partial charge in [-0.1, -0.05) is 17.7 Å². The van der Waals surface area contributed by atoms with E-state index < -0.39 is 15.8 Å². The molecule has 1 fully saturated rings. The minimum absolute atomic E-state index is 0.0561. The summed E-state index contributed by atoms with van der Waals surface area (Å²) in [6.07, 6.45) is 0. The predicted molar refractivity (Wildman–Crippen MR) is 77.7 cm³/mol. The maximum absolute atomic E-state index is 13.1. The average Bonchev–Trinajstić information content (AvgIpc) is 2.36. The first-order chi connectivity index (χ1) is 9.31. The van der Waals surface area contributed by atoms with Gasteiger partial charge in [-0.05, 0) is 31.5 Å². The van der Waals surface area contributed by atoms with Crippen molar-refractivity contribution < 1.29 is 12.8 Å². The summed E-state index contributed by atoms with van der Waals surface area (Å²) in [6, 6.07) is 4.01. The van der Waals surface area contributed by atoms with E-state index in [4.69, 9.17) is 11.6 Å². The molecule has 1 aliphatic heterocycles. The van der Waals surface area contributed by atoms with Crippen LogP contribution in [-0.2, 0) is 15.8 Å². The van der Waals surface area contributed by atoms with Gasteiger partial charge in [0.1, 0.15) is 5.82 Å². The van der Waals surface area contributed by atoms with Gasteiger partial charge in [-0.25, -0.2) is 12.8 Å². The second-order valence-corrected chi connectivity index (χ2v) is 7.43. The minimum Gasteiger partial charge on any atom is -0.311 e. The highest BCUT2D eigenvalue weighted by Crippen LogP contribution is 2.21. The Morgan fingerprint density at radius 3 is 2.80 bits per heavy atom. The molecular formula is C13H18ClFN2O2S. The van der Waals surface area contributed by atoms with Gasteiger partial charge in [-0.15, -0.1) is 0 Å². The van der Waals surface area contributed by atoms with Crippen molar-refractivity contribution in [1.29, 1.82) is 0 Å². The molecule has 0 amide bonds. The van der Waals surface area contributed by atoms with Crippen molar-refractivity contribution in [2.45, 2.75) is 31.7 Å². The molecule has 20 heavy (non-hydrogen) atoms. The van der Waals surface area contributed by atoms with Gasteiger partial charge in [0.25, 0.3) is 0 Å². The zero-order chi connectivity index (χ0) is 14.9. The summed E-state index contributed by atoms with van der Waals surface area (Å²) >= 11 is 5.69. The highest BCUT2D eigenvalue weighted by molar-refractivity contribution is 7.88. The van der Waals surface area contributed by atoms with E-state index in [9.17, 15) is 12.8 Å². The first kappa shape index (κ1) is 15.7. The van der Waals surface area contributed by atoms with Crippen molar-refractivity contribution in [3.8, 4) is 0 Å². The van der Waals surface area contributed by atoms with E-state index >= 15 is 0 Å². The quantitative estimate of drug-likeness (QED) is 0.926. The molecule has 2 unspecified atom stereocenters. The molecule has 0 aromatic heterocycles. The summed E-state index contributed by atoms with van der Waals surface area (Å²) < 4.78 is 39.5. The Balaban J connectivity index is 2.20. The summed E-state index contributed by atoms with van der Waals surface area (Å²) in [4.78, 5) is 0. The number of sulfonamides is 1. The van der Waals surface area contributed by atoms with Gasteiger partial charge in [0.2, 0.25) is 10.0 Å². The van der Waals surface area contributed by atoms with Crippen LogP contribution >= 0.6 is 11.6 Å². The van der Waals surface area contributed by atoms with Gasteiger partial charge >= 0.3 is 0 Å². The largest absolute Gasteiger partial charge is 0.311 e. The number of hydrogen-bond acceptors (Lipinski definition) is 3. The van der Waals surface area contributed by atoms with Gasteiger partial charge in [-0.2, -0.15) is 4.31 Å². The number of nitrogens with one attached hydrogen (secondary N) is 1.